The van der Waals surface area contributed by atoms with Crippen molar-refractivity contribution in [2.75, 3.05) is 10.8 Å². The number of nitrogens with one attached hydrogen (secondary N) is 1. The molecule has 182 valence electrons. The minimum Gasteiger partial charge on any atom is -0.271 e. The molecule has 1 amide bonds. The third-order valence-electron chi connectivity index (χ3n) is 6.56. The van der Waals surface area contributed by atoms with Crippen LogP contribution in [0, 0.1) is 0 Å². The molecule has 0 spiro atoms. The van der Waals surface area contributed by atoms with Gasteiger partial charge in [0.1, 0.15) is 6.54 Å². The average molecular weight is 498 g/mol. The Morgan fingerprint density at radius 3 is 2.42 bits per heavy atom. The minimum absolute atomic E-state index is 0.125. The number of hydrazone groups is 1. The van der Waals surface area contributed by atoms with Gasteiger partial charge in [0, 0.05) is 5.56 Å². The van der Waals surface area contributed by atoms with Crippen molar-refractivity contribution in [1.82, 2.24) is 5.43 Å². The van der Waals surface area contributed by atoms with Crippen LogP contribution in [0.5, 0.6) is 0 Å². The number of nitrogens with zero attached hydrogens (tertiary/aromatic N) is 2. The molecule has 0 aliphatic heterocycles. The number of hydrogen-bond acceptors (Lipinski definition) is 4. The van der Waals surface area contributed by atoms with Crippen LogP contribution in [0.15, 0.2) is 94.9 Å². The van der Waals surface area contributed by atoms with Crippen molar-refractivity contribution < 1.29 is 13.2 Å². The molecular formula is C29H27N3O3S. The van der Waals surface area contributed by atoms with Gasteiger partial charge in [0.05, 0.1) is 16.8 Å². The summed E-state index contributed by atoms with van der Waals surface area (Å²) in [4.78, 5) is 13.1. The summed E-state index contributed by atoms with van der Waals surface area (Å²) in [6, 6.07) is 25.7. The maximum Gasteiger partial charge on any atom is 0.264 e. The molecule has 1 N–H and O–H groups in total. The summed E-state index contributed by atoms with van der Waals surface area (Å²) in [5.41, 5.74) is 7.41. The highest BCUT2D eigenvalue weighted by Crippen LogP contribution is 2.32. The fourth-order valence-electron chi connectivity index (χ4n) is 4.79. The molecule has 0 radical (unpaired) electrons. The van der Waals surface area contributed by atoms with Crippen LogP contribution in [0.4, 0.5) is 5.69 Å². The second-order valence-electron chi connectivity index (χ2n) is 8.75. The molecule has 4 aromatic carbocycles. The molecular weight excluding hydrogens is 470 g/mol. The monoisotopic (exact) mass is 497 g/mol. The highest BCUT2D eigenvalue weighted by molar-refractivity contribution is 7.92. The van der Waals surface area contributed by atoms with Gasteiger partial charge in [0.2, 0.25) is 0 Å². The van der Waals surface area contributed by atoms with Gasteiger partial charge >= 0.3 is 0 Å². The second kappa shape index (κ2) is 9.95. The number of aryl methyl sites for hydroxylation is 3. The zero-order valence-electron chi connectivity index (χ0n) is 20.0. The molecule has 0 aromatic heterocycles. The summed E-state index contributed by atoms with van der Waals surface area (Å²) in [5.74, 6) is -0.525. The SMILES string of the molecule is CCc1ccccc1N(CC(=O)N/N=C\c1ccc2c3c(cccc13)CC2)S(=O)(=O)c1ccccc1. The fraction of sp³-hybridized carbons (Fsp3) is 0.172. The van der Waals surface area contributed by atoms with Gasteiger partial charge in [-0.3, -0.25) is 9.10 Å². The lowest BCUT2D eigenvalue weighted by molar-refractivity contribution is -0.119. The molecule has 0 saturated carbocycles. The largest absolute Gasteiger partial charge is 0.271 e. The lowest BCUT2D eigenvalue weighted by Gasteiger charge is -2.25. The standard InChI is InChI=1S/C29H27N3O3S/c1-2-21-9-6-7-14-27(21)32(36(34,35)25-11-4-3-5-12-25)20-28(33)31-30-19-24-18-17-23-16-15-22-10-8-13-26(24)29(22)23/h3-14,17-19H,2,15-16,20H2,1H3,(H,31,33)/b30-19-. The summed E-state index contributed by atoms with van der Waals surface area (Å²) >= 11 is 0. The van der Waals surface area contributed by atoms with E-state index in [9.17, 15) is 13.2 Å². The molecule has 0 fully saturated rings. The van der Waals surface area contributed by atoms with Crippen molar-refractivity contribution in [2.24, 2.45) is 5.10 Å². The van der Waals surface area contributed by atoms with Gasteiger partial charge in [-0.15, -0.1) is 0 Å². The molecule has 7 heteroatoms. The molecule has 0 saturated heterocycles. The molecule has 6 nitrogen and oxygen atoms in total. The summed E-state index contributed by atoms with van der Waals surface area (Å²) in [6.07, 6.45) is 4.32. The van der Waals surface area contributed by atoms with E-state index in [4.69, 9.17) is 0 Å². The third-order valence-corrected chi connectivity index (χ3v) is 8.34. The summed E-state index contributed by atoms with van der Waals surface area (Å²) < 4.78 is 28.3. The number of anilines is 1. The van der Waals surface area contributed by atoms with Crippen LogP contribution < -0.4 is 9.73 Å². The van der Waals surface area contributed by atoms with Crippen molar-refractivity contribution in [2.45, 2.75) is 31.1 Å². The number of para-hydroxylation sites is 1. The highest BCUT2D eigenvalue weighted by Gasteiger charge is 2.28. The minimum atomic E-state index is -3.97. The number of carbonyl (C=O) groups is 1. The van der Waals surface area contributed by atoms with Crippen LogP contribution in [0.2, 0.25) is 0 Å². The van der Waals surface area contributed by atoms with Crippen LogP contribution in [-0.2, 0) is 34.1 Å². The van der Waals surface area contributed by atoms with Crippen LogP contribution in [0.3, 0.4) is 0 Å². The van der Waals surface area contributed by atoms with Gasteiger partial charge in [0.25, 0.3) is 15.9 Å². The Labute approximate surface area is 211 Å². The Morgan fingerprint density at radius 2 is 1.64 bits per heavy atom. The molecule has 0 heterocycles. The van der Waals surface area contributed by atoms with E-state index in [1.54, 1.807) is 36.5 Å². The lowest BCUT2D eigenvalue weighted by atomic mass is 10.0. The molecule has 0 unspecified atom stereocenters. The van der Waals surface area contributed by atoms with E-state index < -0.39 is 22.5 Å². The Bertz CT molecular complexity index is 1550. The van der Waals surface area contributed by atoms with Crippen molar-refractivity contribution in [3.63, 3.8) is 0 Å². The molecule has 36 heavy (non-hydrogen) atoms. The lowest BCUT2D eigenvalue weighted by Crippen LogP contribution is -2.40. The molecule has 0 bridgehead atoms. The van der Waals surface area contributed by atoms with E-state index in [0.29, 0.717) is 12.1 Å². The van der Waals surface area contributed by atoms with Gasteiger partial charge in [-0.1, -0.05) is 73.7 Å². The van der Waals surface area contributed by atoms with Crippen LogP contribution in [-0.4, -0.2) is 27.1 Å². The Kier molecular flexibility index (Phi) is 6.57. The maximum absolute atomic E-state index is 13.6. The van der Waals surface area contributed by atoms with E-state index in [2.05, 4.69) is 28.7 Å². The number of hydrogen-bond donors (Lipinski definition) is 1. The Morgan fingerprint density at radius 1 is 0.917 bits per heavy atom. The van der Waals surface area contributed by atoms with Crippen LogP contribution in [0.1, 0.15) is 29.2 Å². The van der Waals surface area contributed by atoms with Crippen LogP contribution >= 0.6 is 0 Å². The first-order chi connectivity index (χ1) is 17.5. The maximum atomic E-state index is 13.6. The fourth-order valence-corrected chi connectivity index (χ4v) is 6.27. The first-order valence-corrected chi connectivity index (χ1v) is 13.4. The number of rotatable bonds is 8. The molecule has 0 atom stereocenters. The van der Waals surface area contributed by atoms with Gasteiger partial charge in [-0.05, 0) is 64.9 Å². The van der Waals surface area contributed by atoms with E-state index >= 15 is 0 Å². The topological polar surface area (TPSA) is 78.8 Å². The normalized spacial score (nSPS) is 12.8. The zero-order chi connectivity index (χ0) is 25.1. The van der Waals surface area contributed by atoms with E-state index in [1.807, 2.05) is 31.2 Å². The highest BCUT2D eigenvalue weighted by atomic mass is 32.2. The van der Waals surface area contributed by atoms with Crippen LogP contribution in [0.25, 0.3) is 10.8 Å². The number of amides is 1. The smallest absolute Gasteiger partial charge is 0.264 e. The average Bonchev–Trinajstić information content (AvgIpc) is 3.33. The third kappa shape index (κ3) is 4.50. The first-order valence-electron chi connectivity index (χ1n) is 12.0. The zero-order valence-corrected chi connectivity index (χ0v) is 20.8. The number of carbonyl (C=O) groups excluding carboxylic acids is 1. The Balaban J connectivity index is 1.41. The van der Waals surface area contributed by atoms with Crippen molar-refractivity contribution in [3.05, 3.63) is 107 Å². The van der Waals surface area contributed by atoms with E-state index in [0.717, 1.165) is 33.7 Å². The predicted molar refractivity (Wildman–Crippen MR) is 144 cm³/mol. The number of sulfonamides is 1. The van der Waals surface area contributed by atoms with Crippen molar-refractivity contribution in [3.8, 4) is 0 Å². The van der Waals surface area contributed by atoms with E-state index in [1.165, 1.54) is 28.6 Å². The molecule has 5 rings (SSSR count). The molecule has 1 aliphatic rings. The quantitative estimate of drug-likeness (QED) is 0.279. The molecule has 1 aliphatic carbocycles. The summed E-state index contributed by atoms with van der Waals surface area (Å²) in [6.45, 7) is 1.56. The predicted octanol–water partition coefficient (Wildman–Crippen LogP) is 4.85. The van der Waals surface area contributed by atoms with E-state index in [-0.39, 0.29) is 4.90 Å². The van der Waals surface area contributed by atoms with Gasteiger partial charge in [0.15, 0.2) is 0 Å². The number of benzene rings is 4. The van der Waals surface area contributed by atoms with Gasteiger partial charge < -0.3 is 0 Å². The van der Waals surface area contributed by atoms with Gasteiger partial charge in [-0.2, -0.15) is 5.10 Å². The molecule has 4 aromatic rings. The second-order valence-corrected chi connectivity index (χ2v) is 10.6. The first kappa shape index (κ1) is 23.8. The summed E-state index contributed by atoms with van der Waals surface area (Å²) in [5, 5.41) is 6.54. The van der Waals surface area contributed by atoms with Gasteiger partial charge in [-0.25, -0.2) is 13.8 Å². The summed E-state index contributed by atoms with van der Waals surface area (Å²) in [7, 11) is -3.97. The van der Waals surface area contributed by atoms with Crippen molar-refractivity contribution in [1.29, 1.82) is 0 Å². The van der Waals surface area contributed by atoms with Crippen molar-refractivity contribution >= 4 is 38.6 Å². The Hall–Kier alpha value is -3.97.